The van der Waals surface area contributed by atoms with Gasteiger partial charge in [0.25, 0.3) is 0 Å². The first-order chi connectivity index (χ1) is 18.9. The molecule has 0 heterocycles. The predicted octanol–water partition coefficient (Wildman–Crippen LogP) is 7.14. The Balaban J connectivity index is 1.59. The van der Waals surface area contributed by atoms with Crippen LogP contribution in [0.1, 0.15) is 86.1 Å². The zero-order valence-electron chi connectivity index (χ0n) is 23.9. The summed E-state index contributed by atoms with van der Waals surface area (Å²) in [6, 6.07) is 26.5. The molecule has 0 unspecified atom stereocenters. The van der Waals surface area contributed by atoms with Gasteiger partial charge in [0.1, 0.15) is 6.04 Å². The van der Waals surface area contributed by atoms with Crippen LogP contribution in [0, 0.1) is 6.92 Å². The Morgan fingerprint density at radius 3 is 2.18 bits per heavy atom. The molecule has 0 aromatic heterocycles. The number of benzene rings is 3. The fourth-order valence-corrected chi connectivity index (χ4v) is 5.53. The van der Waals surface area contributed by atoms with Crippen molar-refractivity contribution in [3.05, 3.63) is 107 Å². The summed E-state index contributed by atoms with van der Waals surface area (Å²) in [5.41, 5.74) is 5.72. The molecule has 39 heavy (non-hydrogen) atoms. The summed E-state index contributed by atoms with van der Waals surface area (Å²) in [4.78, 5) is 29.7. The third-order valence-electron chi connectivity index (χ3n) is 8.10. The van der Waals surface area contributed by atoms with E-state index in [1.165, 1.54) is 12.0 Å². The zero-order valence-corrected chi connectivity index (χ0v) is 23.9. The van der Waals surface area contributed by atoms with Crippen LogP contribution in [-0.2, 0) is 29.0 Å². The maximum Gasteiger partial charge on any atom is 0.243 e. The van der Waals surface area contributed by atoms with Gasteiger partial charge < -0.3 is 10.2 Å². The Kier molecular flexibility index (Phi) is 10.4. The highest BCUT2D eigenvalue weighted by molar-refractivity contribution is 5.88. The van der Waals surface area contributed by atoms with Gasteiger partial charge in [-0.1, -0.05) is 112 Å². The molecule has 1 aliphatic carbocycles. The normalized spacial score (nSPS) is 14.7. The van der Waals surface area contributed by atoms with Crippen molar-refractivity contribution >= 4 is 11.8 Å². The first-order valence-electron chi connectivity index (χ1n) is 14.7. The van der Waals surface area contributed by atoms with Crippen LogP contribution < -0.4 is 5.32 Å². The SMILES string of the molecule is Cc1ccccc1CN(C(=O)CCc1ccc(C(C)C)cc1)[C@H](Cc1ccccc1)C(=O)NC1CCCCC1. The van der Waals surface area contributed by atoms with Crippen molar-refractivity contribution in [3.8, 4) is 0 Å². The fraction of sp³-hybridized carbons (Fsp3) is 0.429. The van der Waals surface area contributed by atoms with Gasteiger partial charge in [-0.3, -0.25) is 9.59 Å². The monoisotopic (exact) mass is 524 g/mol. The average Bonchev–Trinajstić information content (AvgIpc) is 2.95. The Morgan fingerprint density at radius 2 is 1.51 bits per heavy atom. The summed E-state index contributed by atoms with van der Waals surface area (Å²) in [5, 5.41) is 3.33. The lowest BCUT2D eigenvalue weighted by Gasteiger charge is -2.34. The van der Waals surface area contributed by atoms with Gasteiger partial charge in [0.05, 0.1) is 0 Å². The summed E-state index contributed by atoms with van der Waals surface area (Å²) in [6.07, 6.45) is 7.09. The van der Waals surface area contributed by atoms with Crippen molar-refractivity contribution in [2.45, 2.75) is 96.7 Å². The number of nitrogens with one attached hydrogen (secondary N) is 1. The second-order valence-corrected chi connectivity index (χ2v) is 11.4. The minimum atomic E-state index is -0.565. The molecule has 4 rings (SSSR count). The van der Waals surface area contributed by atoms with E-state index in [4.69, 9.17) is 0 Å². The molecule has 4 nitrogen and oxygen atoms in total. The molecule has 3 aromatic rings. The molecule has 1 aliphatic rings. The maximum absolute atomic E-state index is 14.0. The van der Waals surface area contributed by atoms with Crippen LogP contribution in [0.15, 0.2) is 78.9 Å². The van der Waals surface area contributed by atoms with E-state index in [1.807, 2.05) is 47.4 Å². The molecule has 0 aliphatic heterocycles. The van der Waals surface area contributed by atoms with Gasteiger partial charge in [-0.25, -0.2) is 0 Å². The molecule has 1 fully saturated rings. The lowest BCUT2D eigenvalue weighted by Crippen LogP contribution is -2.53. The van der Waals surface area contributed by atoms with Crippen molar-refractivity contribution in [2.75, 3.05) is 0 Å². The number of aryl methyl sites for hydroxylation is 2. The number of hydrogen-bond donors (Lipinski definition) is 1. The minimum Gasteiger partial charge on any atom is -0.352 e. The first-order valence-corrected chi connectivity index (χ1v) is 14.7. The standard InChI is InChI=1S/C35H44N2O2/c1-26(2)30-21-18-28(19-22-30)20-23-34(38)37(25-31-15-11-10-12-27(31)3)33(24-29-13-6-4-7-14-29)35(39)36-32-16-8-5-9-17-32/h4,6-7,10-15,18-19,21-22,26,32-33H,5,8-9,16-17,20,23-25H2,1-3H3,(H,36,39)/t33-/m1/s1. The van der Waals surface area contributed by atoms with Crippen molar-refractivity contribution in [1.82, 2.24) is 10.2 Å². The van der Waals surface area contributed by atoms with Crippen LogP contribution in [-0.4, -0.2) is 28.8 Å². The molecule has 0 bridgehead atoms. The topological polar surface area (TPSA) is 49.4 Å². The average molecular weight is 525 g/mol. The Hall–Kier alpha value is -3.40. The predicted molar refractivity (Wildman–Crippen MR) is 160 cm³/mol. The smallest absolute Gasteiger partial charge is 0.243 e. The number of rotatable bonds is 11. The van der Waals surface area contributed by atoms with E-state index >= 15 is 0 Å². The highest BCUT2D eigenvalue weighted by Gasteiger charge is 2.32. The highest BCUT2D eigenvalue weighted by Crippen LogP contribution is 2.22. The fourth-order valence-electron chi connectivity index (χ4n) is 5.53. The van der Waals surface area contributed by atoms with Crippen molar-refractivity contribution in [1.29, 1.82) is 0 Å². The molecule has 3 aromatic carbocycles. The van der Waals surface area contributed by atoms with Crippen molar-refractivity contribution in [3.63, 3.8) is 0 Å². The second kappa shape index (κ2) is 14.1. The van der Waals surface area contributed by atoms with E-state index in [0.29, 0.717) is 31.7 Å². The number of hydrogen-bond acceptors (Lipinski definition) is 2. The third-order valence-corrected chi connectivity index (χ3v) is 8.10. The summed E-state index contributed by atoms with van der Waals surface area (Å²) in [6.45, 7) is 6.87. The van der Waals surface area contributed by atoms with Gasteiger partial charge in [0.2, 0.25) is 11.8 Å². The highest BCUT2D eigenvalue weighted by atomic mass is 16.2. The van der Waals surface area contributed by atoms with Crippen LogP contribution in [0.3, 0.4) is 0 Å². The number of nitrogens with zero attached hydrogens (tertiary/aromatic N) is 1. The lowest BCUT2D eigenvalue weighted by atomic mass is 9.94. The van der Waals surface area contributed by atoms with Crippen LogP contribution in [0.5, 0.6) is 0 Å². The number of carbonyl (C=O) groups excluding carboxylic acids is 2. The quantitative estimate of drug-likeness (QED) is 0.290. The molecular weight excluding hydrogens is 480 g/mol. The van der Waals surface area contributed by atoms with Crippen LogP contribution in [0.25, 0.3) is 0 Å². The molecule has 2 amide bonds. The van der Waals surface area contributed by atoms with Gasteiger partial charge in [0.15, 0.2) is 0 Å². The van der Waals surface area contributed by atoms with Gasteiger partial charge >= 0.3 is 0 Å². The van der Waals surface area contributed by atoms with Crippen LogP contribution in [0.4, 0.5) is 0 Å². The second-order valence-electron chi connectivity index (χ2n) is 11.4. The van der Waals surface area contributed by atoms with E-state index in [9.17, 15) is 9.59 Å². The van der Waals surface area contributed by atoms with Gasteiger partial charge in [-0.05, 0) is 59.9 Å². The van der Waals surface area contributed by atoms with Crippen LogP contribution in [0.2, 0.25) is 0 Å². The van der Waals surface area contributed by atoms with E-state index < -0.39 is 6.04 Å². The van der Waals surface area contributed by atoms with E-state index in [1.54, 1.807) is 0 Å². The summed E-state index contributed by atoms with van der Waals surface area (Å²) in [5.74, 6) is 0.464. The van der Waals surface area contributed by atoms with Crippen molar-refractivity contribution in [2.24, 2.45) is 0 Å². The largest absolute Gasteiger partial charge is 0.352 e. The minimum absolute atomic E-state index is 0.0194. The van der Waals surface area contributed by atoms with Crippen LogP contribution >= 0.6 is 0 Å². The first kappa shape index (κ1) is 28.6. The molecule has 0 radical (unpaired) electrons. The summed E-state index contributed by atoms with van der Waals surface area (Å²) in [7, 11) is 0. The Morgan fingerprint density at radius 1 is 0.846 bits per heavy atom. The molecule has 206 valence electrons. The van der Waals surface area contributed by atoms with E-state index in [2.05, 4.69) is 62.5 Å². The summed E-state index contributed by atoms with van der Waals surface area (Å²) < 4.78 is 0. The number of carbonyl (C=O) groups is 2. The zero-order chi connectivity index (χ0) is 27.6. The molecule has 1 N–H and O–H groups in total. The van der Waals surface area contributed by atoms with Gasteiger partial charge in [-0.2, -0.15) is 0 Å². The summed E-state index contributed by atoms with van der Waals surface area (Å²) >= 11 is 0. The molecule has 0 spiro atoms. The van der Waals surface area contributed by atoms with E-state index in [-0.39, 0.29) is 17.9 Å². The lowest BCUT2D eigenvalue weighted by molar-refractivity contribution is -0.141. The van der Waals surface area contributed by atoms with E-state index in [0.717, 1.165) is 47.9 Å². The molecule has 1 saturated carbocycles. The Bertz CT molecular complexity index is 1200. The van der Waals surface area contributed by atoms with Crippen molar-refractivity contribution < 1.29 is 9.59 Å². The molecule has 4 heteroatoms. The van der Waals surface area contributed by atoms with Gasteiger partial charge in [0, 0.05) is 25.4 Å². The molecule has 1 atom stereocenters. The third kappa shape index (κ3) is 8.29. The Labute approximate surface area is 234 Å². The molecular formula is C35H44N2O2. The number of amides is 2. The molecule has 0 saturated heterocycles. The maximum atomic E-state index is 14.0. The van der Waals surface area contributed by atoms with Gasteiger partial charge in [-0.15, -0.1) is 0 Å².